The van der Waals surface area contributed by atoms with Crippen molar-refractivity contribution in [1.82, 2.24) is 14.7 Å². The third kappa shape index (κ3) is 3.63. The number of carbonyl (C=O) groups excluding carboxylic acids is 2. The first-order chi connectivity index (χ1) is 11.8. The Morgan fingerprint density at radius 3 is 2.60 bits per heavy atom. The van der Waals surface area contributed by atoms with E-state index in [9.17, 15) is 9.59 Å². The molecule has 0 spiro atoms. The molecule has 25 heavy (non-hydrogen) atoms. The molecule has 1 aromatic rings. The van der Waals surface area contributed by atoms with Gasteiger partial charge in [-0.3, -0.25) is 0 Å². The highest BCUT2D eigenvalue weighted by molar-refractivity contribution is 5.90. The molecule has 0 N–H and O–H groups in total. The van der Waals surface area contributed by atoms with Crippen LogP contribution in [-0.4, -0.2) is 58.7 Å². The average Bonchev–Trinajstić information content (AvgIpc) is 2.81. The number of hydrogen-bond acceptors (Lipinski definition) is 6. The van der Waals surface area contributed by atoms with Gasteiger partial charge in [-0.1, -0.05) is 0 Å². The lowest BCUT2D eigenvalue weighted by Crippen LogP contribution is -2.40. The molecule has 2 aliphatic rings. The molecule has 1 saturated heterocycles. The Morgan fingerprint density at radius 2 is 2.04 bits per heavy atom. The van der Waals surface area contributed by atoms with Crippen LogP contribution >= 0.6 is 0 Å². The highest BCUT2D eigenvalue weighted by atomic mass is 16.6. The van der Waals surface area contributed by atoms with E-state index >= 15 is 0 Å². The molecule has 3 heterocycles. The smallest absolute Gasteiger partial charge is 0.410 e. The van der Waals surface area contributed by atoms with E-state index in [1.54, 1.807) is 16.5 Å². The number of rotatable bonds is 3. The number of fused-ring (bicyclic) bond motifs is 1. The second kappa shape index (κ2) is 6.67. The van der Waals surface area contributed by atoms with E-state index in [1.807, 2.05) is 20.8 Å². The van der Waals surface area contributed by atoms with Gasteiger partial charge in [0.2, 0.25) is 0 Å². The molecule has 138 valence electrons. The molecule has 8 heteroatoms. The average molecular weight is 351 g/mol. The van der Waals surface area contributed by atoms with Gasteiger partial charge in [0.25, 0.3) is 0 Å². The summed E-state index contributed by atoms with van der Waals surface area (Å²) in [5.41, 5.74) is 1.46. The van der Waals surface area contributed by atoms with Crippen LogP contribution < -0.4 is 0 Å². The number of aromatic nitrogens is 2. The van der Waals surface area contributed by atoms with Gasteiger partial charge in [-0.15, -0.1) is 0 Å². The van der Waals surface area contributed by atoms with Crippen LogP contribution in [0.5, 0.6) is 0 Å². The van der Waals surface area contributed by atoms with E-state index in [2.05, 4.69) is 5.10 Å². The van der Waals surface area contributed by atoms with E-state index in [0.29, 0.717) is 38.4 Å². The highest BCUT2D eigenvalue weighted by Crippen LogP contribution is 2.28. The van der Waals surface area contributed by atoms with Crippen molar-refractivity contribution in [1.29, 1.82) is 0 Å². The van der Waals surface area contributed by atoms with Gasteiger partial charge in [0.1, 0.15) is 5.60 Å². The van der Waals surface area contributed by atoms with Gasteiger partial charge in [-0.2, -0.15) is 5.10 Å². The molecule has 0 saturated carbocycles. The topological polar surface area (TPSA) is 82.9 Å². The van der Waals surface area contributed by atoms with Gasteiger partial charge in [-0.25, -0.2) is 14.3 Å². The summed E-state index contributed by atoms with van der Waals surface area (Å²) in [6, 6.07) is 0.0417. The van der Waals surface area contributed by atoms with Crippen LogP contribution in [0.25, 0.3) is 0 Å². The molecule has 0 radical (unpaired) electrons. The Bertz CT molecular complexity index is 673. The fourth-order valence-corrected chi connectivity index (χ4v) is 2.92. The second-order valence-electron chi connectivity index (χ2n) is 7.28. The molecule has 0 atom stereocenters. The molecule has 3 rings (SSSR count). The molecule has 1 amide bonds. The molecular formula is C17H25N3O5. The third-order valence-electron chi connectivity index (χ3n) is 4.15. The first-order valence-corrected chi connectivity index (χ1v) is 8.63. The number of hydrogen-bond donors (Lipinski definition) is 0. The molecular weight excluding hydrogens is 326 g/mol. The minimum Gasteiger partial charge on any atom is -0.461 e. The van der Waals surface area contributed by atoms with Gasteiger partial charge in [0.05, 0.1) is 38.1 Å². The van der Waals surface area contributed by atoms with Crippen LogP contribution in [-0.2, 0) is 27.2 Å². The quantitative estimate of drug-likeness (QED) is 0.774. The minimum atomic E-state index is -0.561. The van der Waals surface area contributed by atoms with E-state index < -0.39 is 11.6 Å². The Morgan fingerprint density at radius 1 is 1.32 bits per heavy atom. The SMILES string of the molecule is CCOC(=O)c1c2c(nn1C1COC1)CCN(C(=O)OC(C)(C)C)C2. The lowest BCUT2D eigenvalue weighted by Gasteiger charge is -2.30. The molecule has 0 unspecified atom stereocenters. The zero-order valence-corrected chi connectivity index (χ0v) is 15.2. The van der Waals surface area contributed by atoms with Crippen LogP contribution in [0.2, 0.25) is 0 Å². The van der Waals surface area contributed by atoms with Crippen LogP contribution in [0.15, 0.2) is 0 Å². The summed E-state index contributed by atoms with van der Waals surface area (Å²) in [6.07, 6.45) is 0.203. The maximum absolute atomic E-state index is 12.5. The zero-order valence-electron chi connectivity index (χ0n) is 15.2. The molecule has 2 aliphatic heterocycles. The number of ether oxygens (including phenoxy) is 3. The standard InChI is InChI=1S/C17H25N3O5/c1-5-24-15(21)14-12-8-19(16(22)25-17(2,3)4)7-6-13(12)18-20(14)11-9-23-10-11/h11H,5-10H2,1-4H3. The summed E-state index contributed by atoms with van der Waals surface area (Å²) in [5, 5.41) is 4.60. The van der Waals surface area contributed by atoms with Gasteiger partial charge in [-0.05, 0) is 27.7 Å². The number of amides is 1. The lowest BCUT2D eigenvalue weighted by atomic mass is 10.1. The normalized spacial score (nSPS) is 17.7. The molecule has 1 fully saturated rings. The van der Waals surface area contributed by atoms with Gasteiger partial charge in [0, 0.05) is 18.5 Å². The Kier molecular flexibility index (Phi) is 4.73. The van der Waals surface area contributed by atoms with E-state index in [1.165, 1.54) is 0 Å². The first kappa shape index (κ1) is 17.7. The Hall–Kier alpha value is -2.09. The fraction of sp³-hybridized carbons (Fsp3) is 0.706. The lowest BCUT2D eigenvalue weighted by molar-refractivity contribution is -0.0305. The van der Waals surface area contributed by atoms with Gasteiger partial charge < -0.3 is 19.1 Å². The predicted octanol–water partition coefficient (Wildman–Crippen LogP) is 1.92. The largest absolute Gasteiger partial charge is 0.461 e. The van der Waals surface area contributed by atoms with Crippen molar-refractivity contribution in [3.05, 3.63) is 17.0 Å². The second-order valence-corrected chi connectivity index (χ2v) is 7.28. The van der Waals surface area contributed by atoms with E-state index in [0.717, 1.165) is 11.3 Å². The summed E-state index contributed by atoms with van der Waals surface area (Å²) >= 11 is 0. The molecule has 8 nitrogen and oxygen atoms in total. The monoisotopic (exact) mass is 351 g/mol. The summed E-state index contributed by atoms with van der Waals surface area (Å²) in [4.78, 5) is 26.5. The maximum Gasteiger partial charge on any atom is 0.410 e. The maximum atomic E-state index is 12.5. The van der Waals surface area contributed by atoms with Gasteiger partial charge >= 0.3 is 12.1 Å². The minimum absolute atomic E-state index is 0.0417. The molecule has 0 bridgehead atoms. The van der Waals surface area contributed by atoms with Crippen molar-refractivity contribution in [3.63, 3.8) is 0 Å². The van der Waals surface area contributed by atoms with Crippen LogP contribution in [0, 0.1) is 0 Å². The van der Waals surface area contributed by atoms with Crippen LogP contribution in [0.4, 0.5) is 4.79 Å². The molecule has 0 aliphatic carbocycles. The van der Waals surface area contributed by atoms with Crippen molar-refractivity contribution >= 4 is 12.1 Å². The van der Waals surface area contributed by atoms with Crippen molar-refractivity contribution in [3.8, 4) is 0 Å². The van der Waals surface area contributed by atoms with Crippen LogP contribution in [0.1, 0.15) is 55.5 Å². The van der Waals surface area contributed by atoms with Crippen molar-refractivity contribution in [2.45, 2.75) is 52.3 Å². The van der Waals surface area contributed by atoms with Crippen molar-refractivity contribution < 1.29 is 23.8 Å². The van der Waals surface area contributed by atoms with E-state index in [-0.39, 0.29) is 18.7 Å². The number of nitrogens with zero attached hydrogens (tertiary/aromatic N) is 3. The summed E-state index contributed by atoms with van der Waals surface area (Å²) in [7, 11) is 0. The Balaban J connectivity index is 1.88. The first-order valence-electron chi connectivity index (χ1n) is 8.63. The van der Waals surface area contributed by atoms with Gasteiger partial charge in [0.15, 0.2) is 5.69 Å². The number of esters is 1. The molecule has 0 aromatic carbocycles. The third-order valence-corrected chi connectivity index (χ3v) is 4.15. The molecule has 1 aromatic heterocycles. The summed E-state index contributed by atoms with van der Waals surface area (Å²) in [5.74, 6) is -0.408. The van der Waals surface area contributed by atoms with Crippen molar-refractivity contribution in [2.75, 3.05) is 26.4 Å². The van der Waals surface area contributed by atoms with E-state index in [4.69, 9.17) is 14.2 Å². The fourth-order valence-electron chi connectivity index (χ4n) is 2.92. The number of carbonyl (C=O) groups is 2. The Labute approximate surface area is 147 Å². The van der Waals surface area contributed by atoms with Crippen molar-refractivity contribution in [2.24, 2.45) is 0 Å². The highest BCUT2D eigenvalue weighted by Gasteiger charge is 2.35. The summed E-state index contributed by atoms with van der Waals surface area (Å²) < 4.78 is 17.6. The predicted molar refractivity (Wildman–Crippen MR) is 88.4 cm³/mol. The zero-order chi connectivity index (χ0) is 18.2. The summed E-state index contributed by atoms with van der Waals surface area (Å²) in [6.45, 7) is 9.43. The van der Waals surface area contributed by atoms with Crippen LogP contribution in [0.3, 0.4) is 0 Å².